The smallest absolute Gasteiger partial charge is 0.307 e. The summed E-state index contributed by atoms with van der Waals surface area (Å²) in [6.07, 6.45) is 5.96. The minimum Gasteiger partial charge on any atom is -0.481 e. The van der Waals surface area contributed by atoms with Gasteiger partial charge >= 0.3 is 5.97 Å². The van der Waals surface area contributed by atoms with Gasteiger partial charge in [-0.3, -0.25) is 9.59 Å². The Kier molecular flexibility index (Phi) is 7.64. The third-order valence-electron chi connectivity index (χ3n) is 5.85. The summed E-state index contributed by atoms with van der Waals surface area (Å²) in [6.45, 7) is 16.8. The number of carboxylic acid groups (broad SMARTS) is 1. The van der Waals surface area contributed by atoms with Gasteiger partial charge in [0, 0.05) is 12.8 Å². The van der Waals surface area contributed by atoms with Crippen LogP contribution in [-0.2, 0) is 9.59 Å². The lowest BCUT2D eigenvalue weighted by atomic mass is 9.66. The van der Waals surface area contributed by atoms with Gasteiger partial charge in [0.15, 0.2) is 0 Å². The fourth-order valence-corrected chi connectivity index (χ4v) is 3.32. The van der Waals surface area contributed by atoms with E-state index in [-0.39, 0.29) is 23.5 Å². The maximum absolute atomic E-state index is 12.3. The molecule has 1 rings (SSSR count). The van der Waals surface area contributed by atoms with Gasteiger partial charge in [-0.25, -0.2) is 0 Å². The van der Waals surface area contributed by atoms with E-state index in [0.717, 1.165) is 19.3 Å². The van der Waals surface area contributed by atoms with E-state index in [2.05, 4.69) is 40.3 Å². The van der Waals surface area contributed by atoms with Gasteiger partial charge in [0.05, 0.1) is 5.92 Å². The van der Waals surface area contributed by atoms with Gasteiger partial charge in [0.2, 0.25) is 0 Å². The molecule has 0 aliphatic heterocycles. The zero-order valence-corrected chi connectivity index (χ0v) is 16.9. The molecule has 1 fully saturated rings. The minimum atomic E-state index is -0.860. The monoisotopic (exact) mass is 348 g/mol. The van der Waals surface area contributed by atoms with Gasteiger partial charge in [-0.2, -0.15) is 0 Å². The predicted octanol–water partition coefficient (Wildman–Crippen LogP) is 5.66. The van der Waals surface area contributed by atoms with Crippen LogP contribution in [0.15, 0.2) is 23.8 Å². The van der Waals surface area contributed by atoms with Crippen LogP contribution in [0.3, 0.4) is 0 Å². The van der Waals surface area contributed by atoms with Crippen LogP contribution < -0.4 is 0 Å². The van der Waals surface area contributed by atoms with Crippen LogP contribution >= 0.6 is 0 Å². The van der Waals surface area contributed by atoms with Gasteiger partial charge in [-0.15, -0.1) is 0 Å². The molecular weight excluding hydrogens is 312 g/mol. The van der Waals surface area contributed by atoms with Crippen molar-refractivity contribution in [1.82, 2.24) is 0 Å². The Morgan fingerprint density at radius 2 is 1.84 bits per heavy atom. The summed E-state index contributed by atoms with van der Waals surface area (Å²) < 4.78 is 0. The third-order valence-corrected chi connectivity index (χ3v) is 5.85. The van der Waals surface area contributed by atoms with Crippen molar-refractivity contribution in [3.05, 3.63) is 23.8 Å². The summed E-state index contributed by atoms with van der Waals surface area (Å²) in [7, 11) is 0. The van der Waals surface area contributed by atoms with Crippen molar-refractivity contribution in [1.29, 1.82) is 0 Å². The molecule has 0 bridgehead atoms. The lowest BCUT2D eigenvalue weighted by Gasteiger charge is -2.38. The van der Waals surface area contributed by atoms with E-state index in [1.165, 1.54) is 11.1 Å². The zero-order chi connectivity index (χ0) is 19.4. The van der Waals surface area contributed by atoms with E-state index in [4.69, 9.17) is 0 Å². The van der Waals surface area contributed by atoms with Gasteiger partial charge < -0.3 is 5.11 Å². The highest BCUT2D eigenvalue weighted by Gasteiger charge is 2.35. The molecule has 0 aromatic heterocycles. The molecule has 0 amide bonds. The number of Topliss-reactive ketones (excluding diaryl/α,β-unsaturated/α-hetero) is 1. The maximum atomic E-state index is 12.3. The Morgan fingerprint density at radius 1 is 1.24 bits per heavy atom. The van der Waals surface area contributed by atoms with Gasteiger partial charge in [0.1, 0.15) is 5.78 Å². The van der Waals surface area contributed by atoms with Crippen molar-refractivity contribution in [3.63, 3.8) is 0 Å². The third kappa shape index (κ3) is 6.45. The molecule has 3 heteroatoms. The van der Waals surface area contributed by atoms with Crippen molar-refractivity contribution in [2.24, 2.45) is 29.1 Å². The number of aliphatic carboxylic acids is 1. The second kappa shape index (κ2) is 8.82. The molecule has 0 spiro atoms. The van der Waals surface area contributed by atoms with Gasteiger partial charge in [0.25, 0.3) is 0 Å². The highest BCUT2D eigenvalue weighted by Crippen LogP contribution is 2.43. The standard InChI is InChI=1S/C22H36O3/c1-14(2)20(21(24)25)13-18(23)12-17-10-11-19(17)15(3)8-9-16(4)22(5,6)7/h9,14,17,19-20H,3,8,10-13H2,1-2,4-7H3,(H,24,25). The number of allylic oxidation sites excluding steroid dienone is 3. The van der Waals surface area contributed by atoms with E-state index in [1.54, 1.807) is 0 Å². The molecule has 142 valence electrons. The molecule has 0 heterocycles. The van der Waals surface area contributed by atoms with Crippen molar-refractivity contribution < 1.29 is 14.7 Å². The predicted molar refractivity (Wildman–Crippen MR) is 103 cm³/mol. The highest BCUT2D eigenvalue weighted by molar-refractivity contribution is 5.84. The molecule has 25 heavy (non-hydrogen) atoms. The summed E-state index contributed by atoms with van der Waals surface area (Å²) in [5.41, 5.74) is 2.76. The van der Waals surface area contributed by atoms with Crippen molar-refractivity contribution in [2.45, 2.75) is 73.6 Å². The van der Waals surface area contributed by atoms with Crippen LogP contribution in [0.4, 0.5) is 0 Å². The molecule has 1 N–H and O–H groups in total. The second-order valence-electron chi connectivity index (χ2n) is 9.08. The lowest BCUT2D eigenvalue weighted by molar-refractivity contribution is -0.145. The Balaban J connectivity index is 2.55. The average Bonchev–Trinajstić information content (AvgIpc) is 2.44. The fraction of sp³-hybridized carbons (Fsp3) is 0.727. The number of carbonyl (C=O) groups is 2. The quantitative estimate of drug-likeness (QED) is 0.547. The zero-order valence-electron chi connectivity index (χ0n) is 16.9. The van der Waals surface area contributed by atoms with Crippen molar-refractivity contribution in [3.8, 4) is 0 Å². The number of carbonyl (C=O) groups excluding carboxylic acids is 1. The molecule has 1 saturated carbocycles. The lowest BCUT2D eigenvalue weighted by Crippen LogP contribution is -2.31. The molecule has 0 radical (unpaired) electrons. The van der Waals surface area contributed by atoms with Crippen LogP contribution in [0.25, 0.3) is 0 Å². The maximum Gasteiger partial charge on any atom is 0.307 e. The Hall–Kier alpha value is -1.38. The van der Waals surface area contributed by atoms with Gasteiger partial charge in [-0.05, 0) is 49.4 Å². The summed E-state index contributed by atoms with van der Waals surface area (Å²) in [5, 5.41) is 9.25. The van der Waals surface area contributed by atoms with E-state index < -0.39 is 11.9 Å². The molecule has 3 atom stereocenters. The van der Waals surface area contributed by atoms with E-state index in [9.17, 15) is 14.7 Å². The molecule has 0 aromatic carbocycles. The fourth-order valence-electron chi connectivity index (χ4n) is 3.32. The van der Waals surface area contributed by atoms with Crippen LogP contribution in [0.1, 0.15) is 73.6 Å². The second-order valence-corrected chi connectivity index (χ2v) is 9.08. The summed E-state index contributed by atoms with van der Waals surface area (Å²) in [6, 6.07) is 0. The minimum absolute atomic E-state index is 0.0147. The first-order valence-corrected chi connectivity index (χ1v) is 9.52. The number of hydrogen-bond acceptors (Lipinski definition) is 2. The number of ketones is 1. The topological polar surface area (TPSA) is 54.4 Å². The van der Waals surface area contributed by atoms with Crippen LogP contribution in [0.5, 0.6) is 0 Å². The van der Waals surface area contributed by atoms with Crippen LogP contribution in [0.2, 0.25) is 0 Å². The van der Waals surface area contributed by atoms with Crippen LogP contribution in [-0.4, -0.2) is 16.9 Å². The largest absolute Gasteiger partial charge is 0.481 e. The molecule has 0 saturated heterocycles. The molecule has 0 aromatic rings. The molecule has 3 unspecified atom stereocenters. The molecular formula is C22H36O3. The first-order chi connectivity index (χ1) is 11.4. The Morgan fingerprint density at radius 3 is 2.24 bits per heavy atom. The Bertz CT molecular complexity index is 534. The summed E-state index contributed by atoms with van der Waals surface area (Å²) in [5.74, 6) is -0.586. The highest BCUT2D eigenvalue weighted by atomic mass is 16.4. The number of carboxylic acids is 1. The summed E-state index contributed by atoms with van der Waals surface area (Å²) in [4.78, 5) is 23.6. The average molecular weight is 349 g/mol. The first kappa shape index (κ1) is 21.7. The van der Waals surface area contributed by atoms with E-state index in [0.29, 0.717) is 18.3 Å². The normalized spacial score (nSPS) is 22.4. The molecule has 1 aliphatic carbocycles. The van der Waals surface area contributed by atoms with Crippen molar-refractivity contribution >= 4 is 11.8 Å². The Labute approximate surface area is 153 Å². The molecule has 3 nitrogen and oxygen atoms in total. The van der Waals surface area contributed by atoms with E-state index >= 15 is 0 Å². The molecule has 1 aliphatic rings. The van der Waals surface area contributed by atoms with Crippen molar-refractivity contribution in [2.75, 3.05) is 0 Å². The number of hydrogen-bond donors (Lipinski definition) is 1. The SMILES string of the molecule is C=C(CC=C(C)C(C)(C)C)C1CCC1CC(=O)CC(C(=O)O)C(C)C. The number of rotatable bonds is 9. The summed E-state index contributed by atoms with van der Waals surface area (Å²) >= 11 is 0. The van der Waals surface area contributed by atoms with Crippen LogP contribution in [0, 0.1) is 29.1 Å². The van der Waals surface area contributed by atoms with Gasteiger partial charge in [-0.1, -0.05) is 58.4 Å². The first-order valence-electron chi connectivity index (χ1n) is 9.52. The van der Waals surface area contributed by atoms with E-state index in [1.807, 2.05) is 13.8 Å².